The second kappa shape index (κ2) is 8.93. The van der Waals surface area contributed by atoms with Crippen LogP contribution in [0.5, 0.6) is 0 Å². The molecule has 0 saturated heterocycles. The number of rotatable bonds is 7. The summed E-state index contributed by atoms with van der Waals surface area (Å²) in [6, 6.07) is 13.0. The molecule has 1 aromatic heterocycles. The molecule has 2 amide bonds. The van der Waals surface area contributed by atoms with E-state index in [1.165, 1.54) is 11.8 Å². The lowest BCUT2D eigenvalue weighted by Gasteiger charge is -2.07. The summed E-state index contributed by atoms with van der Waals surface area (Å²) in [6.07, 6.45) is 0. The van der Waals surface area contributed by atoms with E-state index in [1.807, 2.05) is 45.0 Å². The summed E-state index contributed by atoms with van der Waals surface area (Å²) in [4.78, 5) is 28.6. The fourth-order valence-corrected chi connectivity index (χ4v) is 3.24. The van der Waals surface area contributed by atoms with E-state index >= 15 is 0 Å². The monoisotopic (exact) mass is 397 g/mol. The van der Waals surface area contributed by atoms with Gasteiger partial charge in [0.05, 0.1) is 11.5 Å². The Morgan fingerprint density at radius 3 is 2.36 bits per heavy atom. The van der Waals surface area contributed by atoms with Crippen LogP contribution in [0.1, 0.15) is 31.2 Å². The smallest absolute Gasteiger partial charge is 0.234 e. The highest BCUT2D eigenvalue weighted by molar-refractivity contribution is 8.00. The van der Waals surface area contributed by atoms with Crippen molar-refractivity contribution in [3.05, 3.63) is 53.9 Å². The van der Waals surface area contributed by atoms with Crippen LogP contribution in [0.2, 0.25) is 0 Å². The van der Waals surface area contributed by atoms with Gasteiger partial charge in [0.1, 0.15) is 5.52 Å². The van der Waals surface area contributed by atoms with Gasteiger partial charge < -0.3 is 15.1 Å². The molecule has 0 aliphatic carbocycles. The van der Waals surface area contributed by atoms with Crippen molar-refractivity contribution in [3.63, 3.8) is 0 Å². The number of hydrogen-bond acceptors (Lipinski definition) is 5. The quantitative estimate of drug-likeness (QED) is 0.610. The van der Waals surface area contributed by atoms with E-state index in [0.717, 1.165) is 11.3 Å². The number of fused-ring (bicyclic) bond motifs is 1. The minimum absolute atomic E-state index is 0.131. The molecule has 1 heterocycles. The van der Waals surface area contributed by atoms with Crippen molar-refractivity contribution in [1.29, 1.82) is 0 Å². The average Bonchev–Trinajstić information content (AvgIpc) is 3.05. The van der Waals surface area contributed by atoms with E-state index in [9.17, 15) is 9.59 Å². The molecule has 2 N–H and O–H groups in total. The lowest BCUT2D eigenvalue weighted by Crippen LogP contribution is -2.18. The second-order valence-corrected chi connectivity index (χ2v) is 7.83. The van der Waals surface area contributed by atoms with Crippen LogP contribution < -0.4 is 10.6 Å². The molecule has 3 rings (SSSR count). The van der Waals surface area contributed by atoms with Crippen LogP contribution in [0, 0.1) is 6.92 Å². The van der Waals surface area contributed by atoms with E-state index in [-0.39, 0.29) is 29.2 Å². The van der Waals surface area contributed by atoms with Gasteiger partial charge in [-0.15, -0.1) is 11.8 Å². The van der Waals surface area contributed by atoms with Crippen LogP contribution in [0.3, 0.4) is 0 Å². The van der Waals surface area contributed by atoms with Crippen molar-refractivity contribution < 1.29 is 14.0 Å². The average molecular weight is 398 g/mol. The summed E-state index contributed by atoms with van der Waals surface area (Å²) >= 11 is 1.27. The lowest BCUT2D eigenvalue weighted by molar-refractivity contribution is -0.114. The number of benzene rings is 2. The predicted octanol–water partition coefficient (Wildman–Crippen LogP) is 4.57. The number of nitrogens with zero attached hydrogens (tertiary/aromatic N) is 1. The highest BCUT2D eigenvalue weighted by Gasteiger charge is 2.11. The van der Waals surface area contributed by atoms with Crippen LogP contribution in [0.4, 0.5) is 11.4 Å². The number of hydrogen-bond donors (Lipinski definition) is 2. The number of nitrogens with one attached hydrogen (secondary N) is 2. The van der Waals surface area contributed by atoms with Gasteiger partial charge in [0.15, 0.2) is 11.5 Å². The molecule has 6 nitrogen and oxygen atoms in total. The first-order valence-corrected chi connectivity index (χ1v) is 10.2. The molecule has 3 aromatic rings. The highest BCUT2D eigenvalue weighted by Crippen LogP contribution is 2.23. The molecule has 28 heavy (non-hydrogen) atoms. The fraction of sp³-hybridized carbons (Fsp3) is 0.286. The van der Waals surface area contributed by atoms with Gasteiger partial charge >= 0.3 is 0 Å². The van der Waals surface area contributed by atoms with Gasteiger partial charge in [-0.25, -0.2) is 4.98 Å². The third-order valence-electron chi connectivity index (χ3n) is 3.95. The fourth-order valence-electron chi connectivity index (χ4n) is 2.62. The summed E-state index contributed by atoms with van der Waals surface area (Å²) in [5.41, 5.74) is 3.91. The largest absolute Gasteiger partial charge is 0.440 e. The maximum Gasteiger partial charge on any atom is 0.234 e. The molecule has 0 unspecified atom stereocenters. The number of amides is 2. The summed E-state index contributed by atoms with van der Waals surface area (Å²) in [6.45, 7) is 5.99. The minimum atomic E-state index is -0.166. The topological polar surface area (TPSA) is 84.2 Å². The third-order valence-corrected chi connectivity index (χ3v) is 4.88. The number of aryl methyl sites for hydroxylation is 1. The van der Waals surface area contributed by atoms with Crippen LogP contribution in [-0.4, -0.2) is 28.3 Å². The Hall–Kier alpha value is -2.80. The molecule has 0 aliphatic heterocycles. The Morgan fingerprint density at radius 1 is 1.04 bits per heavy atom. The zero-order chi connectivity index (χ0) is 20.1. The molecule has 0 atom stereocenters. The van der Waals surface area contributed by atoms with Gasteiger partial charge in [0, 0.05) is 17.3 Å². The summed E-state index contributed by atoms with van der Waals surface area (Å²) in [5, 5.41) is 5.66. The molecule has 0 bridgehead atoms. The van der Waals surface area contributed by atoms with E-state index in [1.54, 1.807) is 18.2 Å². The molecule has 7 heteroatoms. The standard InChI is InChI=1S/C21H23N3O3S/c1-13(2)21-24-17-10-16(7-8-18(17)27-21)23-20(26)12-28-11-19(25)22-15-6-4-5-14(3)9-15/h4-10,13H,11-12H2,1-3H3,(H,22,25)(H,23,26). The Balaban J connectivity index is 1.47. The molecule has 0 radical (unpaired) electrons. The second-order valence-electron chi connectivity index (χ2n) is 6.85. The van der Waals surface area contributed by atoms with E-state index in [4.69, 9.17) is 4.42 Å². The SMILES string of the molecule is Cc1cccc(NC(=O)CSCC(=O)Nc2ccc3oc(C(C)C)nc3c2)c1. The molecular weight excluding hydrogens is 374 g/mol. The van der Waals surface area contributed by atoms with Crippen LogP contribution in [-0.2, 0) is 9.59 Å². The van der Waals surface area contributed by atoms with E-state index in [2.05, 4.69) is 15.6 Å². The highest BCUT2D eigenvalue weighted by atomic mass is 32.2. The summed E-state index contributed by atoms with van der Waals surface area (Å²) in [7, 11) is 0. The first-order chi connectivity index (χ1) is 13.4. The van der Waals surface area contributed by atoms with Gasteiger partial charge in [-0.2, -0.15) is 0 Å². The number of carbonyl (C=O) groups excluding carboxylic acids is 2. The first-order valence-electron chi connectivity index (χ1n) is 9.05. The van der Waals surface area contributed by atoms with Crippen molar-refractivity contribution >= 4 is 46.1 Å². The van der Waals surface area contributed by atoms with Gasteiger partial charge in [-0.3, -0.25) is 9.59 Å². The molecule has 0 spiro atoms. The molecule has 0 fully saturated rings. The number of anilines is 2. The van der Waals surface area contributed by atoms with Crippen molar-refractivity contribution in [2.75, 3.05) is 22.1 Å². The third kappa shape index (κ3) is 5.36. The first kappa shape index (κ1) is 19.9. The van der Waals surface area contributed by atoms with Crippen LogP contribution in [0.25, 0.3) is 11.1 Å². The van der Waals surface area contributed by atoms with Crippen molar-refractivity contribution in [1.82, 2.24) is 4.98 Å². The van der Waals surface area contributed by atoms with Gasteiger partial charge in [0.2, 0.25) is 11.8 Å². The summed E-state index contributed by atoms with van der Waals surface area (Å²) in [5.74, 6) is 0.979. The lowest BCUT2D eigenvalue weighted by atomic mass is 10.2. The number of carbonyl (C=O) groups is 2. The van der Waals surface area contributed by atoms with Crippen molar-refractivity contribution in [3.8, 4) is 0 Å². The maximum absolute atomic E-state index is 12.1. The van der Waals surface area contributed by atoms with Crippen LogP contribution in [0.15, 0.2) is 46.9 Å². The molecule has 2 aromatic carbocycles. The van der Waals surface area contributed by atoms with E-state index in [0.29, 0.717) is 22.7 Å². The molecule has 0 saturated carbocycles. The summed E-state index contributed by atoms with van der Waals surface area (Å²) < 4.78 is 5.66. The maximum atomic E-state index is 12.1. The molecule has 146 valence electrons. The minimum Gasteiger partial charge on any atom is -0.440 e. The van der Waals surface area contributed by atoms with Gasteiger partial charge in [0.25, 0.3) is 0 Å². The zero-order valence-electron chi connectivity index (χ0n) is 16.1. The van der Waals surface area contributed by atoms with Crippen LogP contribution >= 0.6 is 11.8 Å². The van der Waals surface area contributed by atoms with Crippen molar-refractivity contribution in [2.45, 2.75) is 26.7 Å². The normalized spacial score (nSPS) is 11.0. The van der Waals surface area contributed by atoms with Gasteiger partial charge in [-0.05, 0) is 42.8 Å². The molecule has 0 aliphatic rings. The zero-order valence-corrected chi connectivity index (χ0v) is 16.9. The number of aromatic nitrogens is 1. The Kier molecular flexibility index (Phi) is 6.36. The molecular formula is C21H23N3O3S. The van der Waals surface area contributed by atoms with E-state index < -0.39 is 0 Å². The number of oxazole rings is 1. The Bertz CT molecular complexity index is 997. The van der Waals surface area contributed by atoms with Gasteiger partial charge in [-0.1, -0.05) is 26.0 Å². The van der Waals surface area contributed by atoms with Crippen molar-refractivity contribution in [2.24, 2.45) is 0 Å². The number of thioether (sulfide) groups is 1. The Labute approximate surface area is 168 Å². The Morgan fingerprint density at radius 2 is 1.71 bits per heavy atom. The predicted molar refractivity (Wildman–Crippen MR) is 114 cm³/mol.